The second-order valence-electron chi connectivity index (χ2n) is 6.08. The van der Waals surface area contributed by atoms with Crippen molar-refractivity contribution in [3.05, 3.63) is 65.4 Å². The first kappa shape index (κ1) is 16.8. The Morgan fingerprint density at radius 2 is 2.19 bits per heavy atom. The number of hydrogen-bond donors (Lipinski definition) is 2. The predicted molar refractivity (Wildman–Crippen MR) is 99.8 cm³/mol. The summed E-state index contributed by atoms with van der Waals surface area (Å²) in [6.07, 6.45) is 4.46. The topological polar surface area (TPSA) is 104 Å². The zero-order chi connectivity index (χ0) is 18.8. The molecule has 2 aromatic heterocycles. The summed E-state index contributed by atoms with van der Waals surface area (Å²) in [4.78, 5) is 32.0. The number of hydrogen-bond acceptors (Lipinski definition) is 5. The maximum absolute atomic E-state index is 11.9. The normalized spacial score (nSPS) is 15.4. The van der Waals surface area contributed by atoms with Crippen molar-refractivity contribution >= 4 is 16.7 Å². The number of ether oxygens (including phenoxy) is 1. The van der Waals surface area contributed by atoms with E-state index in [1.165, 1.54) is 6.08 Å². The van der Waals surface area contributed by atoms with Gasteiger partial charge in [-0.2, -0.15) is 5.10 Å². The molecule has 8 heteroatoms. The molecule has 3 heterocycles. The molecule has 2 N–H and O–H groups in total. The Bertz CT molecular complexity index is 1110. The fourth-order valence-corrected chi connectivity index (χ4v) is 3.07. The number of pyridine rings is 1. The summed E-state index contributed by atoms with van der Waals surface area (Å²) in [5, 5.41) is 7.97. The van der Waals surface area contributed by atoms with Crippen molar-refractivity contribution < 1.29 is 9.53 Å². The molecule has 1 aliphatic rings. The minimum atomic E-state index is -0.408. The lowest BCUT2D eigenvalue weighted by atomic mass is 10.1. The first-order valence-corrected chi connectivity index (χ1v) is 8.50. The van der Waals surface area contributed by atoms with Crippen LogP contribution in [0, 0.1) is 0 Å². The van der Waals surface area contributed by atoms with Gasteiger partial charge in [-0.1, -0.05) is 24.8 Å². The third-order valence-corrected chi connectivity index (χ3v) is 4.36. The molecule has 1 fully saturated rings. The van der Waals surface area contributed by atoms with Crippen LogP contribution in [-0.2, 0) is 4.79 Å². The molecule has 1 aromatic carbocycles. The molecule has 4 rings (SSSR count). The predicted octanol–water partition coefficient (Wildman–Crippen LogP) is 2.34. The van der Waals surface area contributed by atoms with Gasteiger partial charge in [0.15, 0.2) is 5.82 Å². The number of amides is 1. The third-order valence-electron chi connectivity index (χ3n) is 4.36. The summed E-state index contributed by atoms with van der Waals surface area (Å²) in [6.45, 7) is 4.18. The molecule has 1 aliphatic heterocycles. The summed E-state index contributed by atoms with van der Waals surface area (Å²) in [6, 6.07) is 9.44. The van der Waals surface area contributed by atoms with Gasteiger partial charge in [-0.15, -0.1) is 0 Å². The molecule has 0 aliphatic carbocycles. The molecule has 0 atom stereocenters. The van der Waals surface area contributed by atoms with Gasteiger partial charge in [-0.3, -0.25) is 9.78 Å². The Morgan fingerprint density at radius 1 is 1.33 bits per heavy atom. The summed E-state index contributed by atoms with van der Waals surface area (Å²) in [5.74, 6) is 0.549. The van der Waals surface area contributed by atoms with Crippen molar-refractivity contribution in [1.82, 2.24) is 25.1 Å². The van der Waals surface area contributed by atoms with Crippen LogP contribution in [0.1, 0.15) is 12.8 Å². The number of aromatic amines is 2. The van der Waals surface area contributed by atoms with Crippen molar-refractivity contribution in [3.63, 3.8) is 0 Å². The zero-order valence-electron chi connectivity index (χ0n) is 14.4. The fourth-order valence-electron chi connectivity index (χ4n) is 3.07. The third kappa shape index (κ3) is 3.24. The number of fused-ring (bicyclic) bond motifs is 1. The Balaban J connectivity index is 1.74. The van der Waals surface area contributed by atoms with E-state index in [9.17, 15) is 9.59 Å². The van der Waals surface area contributed by atoms with Crippen molar-refractivity contribution in [1.29, 1.82) is 0 Å². The van der Waals surface area contributed by atoms with Gasteiger partial charge in [0.2, 0.25) is 11.8 Å². The molecule has 0 unspecified atom stereocenters. The molecule has 3 aromatic rings. The van der Waals surface area contributed by atoms with Crippen molar-refractivity contribution in [2.45, 2.75) is 12.8 Å². The number of nitrogens with zero attached hydrogens (tertiary/aromatic N) is 3. The summed E-state index contributed by atoms with van der Waals surface area (Å²) < 4.78 is 5.87. The van der Waals surface area contributed by atoms with Gasteiger partial charge in [0, 0.05) is 11.9 Å². The molecule has 1 amide bonds. The highest BCUT2D eigenvalue weighted by Gasteiger charge is 2.22. The minimum absolute atomic E-state index is 0.150. The lowest BCUT2D eigenvalue weighted by molar-refractivity contribution is -0.123. The summed E-state index contributed by atoms with van der Waals surface area (Å²) in [7, 11) is 0. The molecule has 0 saturated carbocycles. The summed E-state index contributed by atoms with van der Waals surface area (Å²) >= 11 is 0. The number of nitrogens with one attached hydrogen (secondary N) is 2. The quantitative estimate of drug-likeness (QED) is 0.547. The molecule has 1 saturated heterocycles. The molecule has 0 bridgehead atoms. The number of benzene rings is 1. The Hall–Kier alpha value is -3.68. The number of carbonyl (C=O) groups excluding carboxylic acids is 1. The van der Waals surface area contributed by atoms with Gasteiger partial charge >= 0.3 is 5.69 Å². The highest BCUT2D eigenvalue weighted by atomic mass is 16.5. The Labute approximate surface area is 154 Å². The van der Waals surface area contributed by atoms with E-state index in [1.54, 1.807) is 11.2 Å². The van der Waals surface area contributed by atoms with Crippen molar-refractivity contribution in [2.75, 3.05) is 6.54 Å². The second-order valence-corrected chi connectivity index (χ2v) is 6.08. The number of rotatable bonds is 4. The van der Waals surface area contributed by atoms with Gasteiger partial charge in [0.1, 0.15) is 12.0 Å². The van der Waals surface area contributed by atoms with Crippen LogP contribution in [0.25, 0.3) is 22.3 Å². The smallest absolute Gasteiger partial charge is 0.340 e. The monoisotopic (exact) mass is 363 g/mol. The average molecular weight is 363 g/mol. The minimum Gasteiger partial charge on any atom is -0.444 e. The van der Waals surface area contributed by atoms with E-state index >= 15 is 0 Å². The van der Waals surface area contributed by atoms with E-state index in [0.717, 1.165) is 29.3 Å². The molecule has 8 nitrogen and oxygen atoms in total. The van der Waals surface area contributed by atoms with E-state index < -0.39 is 5.69 Å². The first-order chi connectivity index (χ1) is 13.2. The van der Waals surface area contributed by atoms with Crippen molar-refractivity contribution in [2.24, 2.45) is 0 Å². The molecule has 136 valence electrons. The SMILES string of the molecule is C=CC(=O)N1CCC/C1=C\Oc1nc(-c2n[nH]c(=O)[nH]2)cc2ccccc12. The van der Waals surface area contributed by atoms with Gasteiger partial charge in [-0.05, 0) is 36.4 Å². The van der Waals surface area contributed by atoms with Gasteiger partial charge in [0.25, 0.3) is 0 Å². The van der Waals surface area contributed by atoms with Crippen LogP contribution in [0.5, 0.6) is 5.88 Å². The number of likely N-dealkylation sites (tertiary alicyclic amines) is 1. The summed E-state index contributed by atoms with van der Waals surface area (Å²) in [5.41, 5.74) is 0.851. The Kier molecular flexibility index (Phi) is 4.29. The zero-order valence-corrected chi connectivity index (χ0v) is 14.4. The van der Waals surface area contributed by atoms with Crippen LogP contribution < -0.4 is 10.4 Å². The number of allylic oxidation sites excluding steroid dienone is 1. The van der Waals surface area contributed by atoms with Crippen LogP contribution in [0.3, 0.4) is 0 Å². The van der Waals surface area contributed by atoms with E-state index in [-0.39, 0.29) is 5.91 Å². The molecule has 27 heavy (non-hydrogen) atoms. The average Bonchev–Trinajstić information content (AvgIpc) is 3.34. The van der Waals surface area contributed by atoms with E-state index in [4.69, 9.17) is 4.74 Å². The van der Waals surface area contributed by atoms with Crippen LogP contribution >= 0.6 is 0 Å². The van der Waals surface area contributed by atoms with Gasteiger partial charge in [0.05, 0.1) is 5.70 Å². The molecular formula is C19H17N5O3. The van der Waals surface area contributed by atoms with Gasteiger partial charge in [-0.25, -0.2) is 14.9 Å². The van der Waals surface area contributed by atoms with Crippen LogP contribution in [0.2, 0.25) is 0 Å². The number of aromatic nitrogens is 4. The standard InChI is InChI=1S/C19H17N5O3/c1-2-16(25)24-9-5-7-13(24)11-27-18-14-8-4-3-6-12(14)10-15(20-18)17-21-19(26)23-22-17/h2-4,6,8,10-11H,1,5,7,9H2,(H2,21,22,23,26)/b13-11+. The lowest BCUT2D eigenvalue weighted by Gasteiger charge is -2.15. The number of carbonyl (C=O) groups is 1. The Morgan fingerprint density at radius 3 is 2.96 bits per heavy atom. The largest absolute Gasteiger partial charge is 0.444 e. The maximum Gasteiger partial charge on any atom is 0.340 e. The van der Waals surface area contributed by atoms with Crippen LogP contribution in [0.4, 0.5) is 0 Å². The van der Waals surface area contributed by atoms with Gasteiger partial charge < -0.3 is 9.64 Å². The van der Waals surface area contributed by atoms with E-state index in [2.05, 4.69) is 26.7 Å². The van der Waals surface area contributed by atoms with Crippen molar-refractivity contribution in [3.8, 4) is 17.4 Å². The maximum atomic E-state index is 11.9. The van der Waals surface area contributed by atoms with E-state index in [1.807, 2.05) is 30.3 Å². The highest BCUT2D eigenvalue weighted by molar-refractivity contribution is 5.90. The molecular weight excluding hydrogens is 346 g/mol. The fraction of sp³-hybridized carbons (Fsp3) is 0.158. The van der Waals surface area contributed by atoms with Crippen LogP contribution in [0.15, 0.2) is 59.7 Å². The lowest BCUT2D eigenvalue weighted by Crippen LogP contribution is -2.24. The highest BCUT2D eigenvalue weighted by Crippen LogP contribution is 2.29. The van der Waals surface area contributed by atoms with E-state index in [0.29, 0.717) is 23.9 Å². The number of H-pyrrole nitrogens is 2. The second kappa shape index (κ2) is 6.91. The molecule has 0 radical (unpaired) electrons. The first-order valence-electron chi connectivity index (χ1n) is 8.50. The molecule has 0 spiro atoms. The van der Waals surface area contributed by atoms with Crippen LogP contribution in [-0.4, -0.2) is 37.5 Å².